The van der Waals surface area contributed by atoms with Crippen molar-refractivity contribution in [1.29, 1.82) is 0 Å². The lowest BCUT2D eigenvalue weighted by Crippen LogP contribution is -2.14. The fourth-order valence-electron chi connectivity index (χ4n) is 1.11. The van der Waals surface area contributed by atoms with Crippen LogP contribution in [-0.4, -0.2) is 23.6 Å². The number of nitrogens with one attached hydrogen (secondary N) is 1. The van der Waals surface area contributed by atoms with Crippen molar-refractivity contribution in [2.45, 2.75) is 4.90 Å². The zero-order valence-corrected chi connectivity index (χ0v) is 11.9. The molecule has 1 N–H and O–H groups in total. The summed E-state index contributed by atoms with van der Waals surface area (Å²) in [6.45, 7) is 0. The Hall–Kier alpha value is -1.25. The summed E-state index contributed by atoms with van der Waals surface area (Å²) in [5.74, 6) is 0.0828. The molecule has 0 aliphatic carbocycles. The number of hydrogen-bond donors (Lipinski definition) is 1. The molecule has 0 radical (unpaired) electrons. The van der Waals surface area contributed by atoms with E-state index in [0.717, 1.165) is 0 Å². The maximum atomic E-state index is 12.0. The Morgan fingerprint density at radius 1 is 1.22 bits per heavy atom. The minimum Gasteiger partial charge on any atom is -0.262 e. The highest BCUT2D eigenvalue weighted by molar-refractivity contribution is 9.10. The first-order valence-electron chi connectivity index (χ1n) is 4.60. The molecule has 0 aliphatic rings. The van der Waals surface area contributed by atoms with Gasteiger partial charge in [-0.25, -0.2) is 8.42 Å². The smallest absolute Gasteiger partial charge is 0.262 e. The fourth-order valence-corrected chi connectivity index (χ4v) is 2.71. The molecule has 0 fully saturated rings. The van der Waals surface area contributed by atoms with Crippen LogP contribution in [0.25, 0.3) is 0 Å². The summed E-state index contributed by atoms with van der Waals surface area (Å²) in [7, 11) is -3.74. The van der Waals surface area contributed by atoms with E-state index >= 15 is 0 Å². The average Bonchev–Trinajstić information content (AvgIpc) is 2.32. The van der Waals surface area contributed by atoms with E-state index in [9.17, 15) is 8.42 Å². The maximum absolute atomic E-state index is 12.0. The standard InChI is InChI=1S/C9H6BrClN4O2S/c10-6-3-7(5-12-4-6)18(16,17)15-9-2-1-8(11)13-14-9/h1-5H,(H,14,15). The van der Waals surface area contributed by atoms with Gasteiger partial charge in [0.15, 0.2) is 11.0 Å². The Bertz CT molecular complexity index is 663. The lowest BCUT2D eigenvalue weighted by Gasteiger charge is -2.06. The van der Waals surface area contributed by atoms with Crippen molar-refractivity contribution in [2.75, 3.05) is 4.72 Å². The van der Waals surface area contributed by atoms with E-state index in [-0.39, 0.29) is 15.9 Å². The van der Waals surface area contributed by atoms with Crippen LogP contribution in [0.3, 0.4) is 0 Å². The summed E-state index contributed by atoms with van der Waals surface area (Å²) in [5, 5.41) is 7.33. The van der Waals surface area contributed by atoms with Gasteiger partial charge in [0.2, 0.25) is 0 Å². The number of hydrogen-bond acceptors (Lipinski definition) is 5. The summed E-state index contributed by atoms with van der Waals surface area (Å²) in [6.07, 6.45) is 2.72. The van der Waals surface area contributed by atoms with Crippen LogP contribution < -0.4 is 4.72 Å². The predicted octanol–water partition coefficient (Wildman–Crippen LogP) is 2.09. The van der Waals surface area contributed by atoms with E-state index in [1.54, 1.807) is 0 Å². The van der Waals surface area contributed by atoms with Gasteiger partial charge in [0.1, 0.15) is 4.90 Å². The Labute approximate surface area is 117 Å². The summed E-state index contributed by atoms with van der Waals surface area (Å²) >= 11 is 8.70. The van der Waals surface area contributed by atoms with Crippen molar-refractivity contribution in [3.05, 3.63) is 40.2 Å². The third kappa shape index (κ3) is 3.15. The second-order valence-electron chi connectivity index (χ2n) is 3.19. The molecule has 94 valence electrons. The fraction of sp³-hybridized carbons (Fsp3) is 0. The van der Waals surface area contributed by atoms with Gasteiger partial charge in [-0.3, -0.25) is 9.71 Å². The molecule has 2 rings (SSSR count). The highest BCUT2D eigenvalue weighted by Gasteiger charge is 2.15. The van der Waals surface area contributed by atoms with Crippen molar-refractivity contribution in [1.82, 2.24) is 15.2 Å². The van der Waals surface area contributed by atoms with Gasteiger partial charge in [0, 0.05) is 16.9 Å². The van der Waals surface area contributed by atoms with Gasteiger partial charge in [0.05, 0.1) is 0 Å². The Balaban J connectivity index is 2.30. The van der Waals surface area contributed by atoms with Gasteiger partial charge >= 0.3 is 0 Å². The van der Waals surface area contributed by atoms with E-state index in [2.05, 4.69) is 35.8 Å². The SMILES string of the molecule is O=S(=O)(Nc1ccc(Cl)nn1)c1cncc(Br)c1. The average molecular weight is 350 g/mol. The number of pyridine rings is 1. The molecule has 9 heteroatoms. The molecule has 6 nitrogen and oxygen atoms in total. The number of halogens is 2. The Morgan fingerprint density at radius 2 is 2.00 bits per heavy atom. The Kier molecular flexibility index (Phi) is 3.79. The molecular formula is C9H6BrClN4O2S. The molecule has 0 aromatic carbocycles. The first kappa shape index (κ1) is 13.2. The van der Waals surface area contributed by atoms with Gasteiger partial charge in [-0.05, 0) is 34.1 Å². The van der Waals surface area contributed by atoms with Crippen LogP contribution in [0.2, 0.25) is 5.15 Å². The molecular weight excluding hydrogens is 344 g/mol. The van der Waals surface area contributed by atoms with Crippen LogP contribution in [0, 0.1) is 0 Å². The largest absolute Gasteiger partial charge is 0.264 e. The zero-order chi connectivity index (χ0) is 13.2. The van der Waals surface area contributed by atoms with E-state index < -0.39 is 10.0 Å². The van der Waals surface area contributed by atoms with Crippen molar-refractivity contribution in [3.8, 4) is 0 Å². The lowest BCUT2D eigenvalue weighted by molar-refractivity contribution is 0.600. The van der Waals surface area contributed by atoms with Gasteiger partial charge in [0.25, 0.3) is 10.0 Å². The zero-order valence-electron chi connectivity index (χ0n) is 8.71. The lowest BCUT2D eigenvalue weighted by atomic mass is 10.5. The van der Waals surface area contributed by atoms with Crippen molar-refractivity contribution < 1.29 is 8.42 Å². The number of nitrogens with zero attached hydrogens (tertiary/aromatic N) is 3. The minimum atomic E-state index is -3.74. The van der Waals surface area contributed by atoms with Gasteiger partial charge in [-0.2, -0.15) is 0 Å². The molecule has 0 unspecified atom stereocenters. The van der Waals surface area contributed by atoms with Crippen LogP contribution in [0.1, 0.15) is 0 Å². The monoisotopic (exact) mass is 348 g/mol. The van der Waals surface area contributed by atoms with E-state index in [4.69, 9.17) is 11.6 Å². The molecule has 0 atom stereocenters. The van der Waals surface area contributed by atoms with Crippen molar-refractivity contribution >= 4 is 43.4 Å². The predicted molar refractivity (Wildman–Crippen MR) is 69.8 cm³/mol. The van der Waals surface area contributed by atoms with Gasteiger partial charge in [-0.15, -0.1) is 10.2 Å². The van der Waals surface area contributed by atoms with Crippen LogP contribution in [0.15, 0.2) is 40.0 Å². The second kappa shape index (κ2) is 5.17. The van der Waals surface area contributed by atoms with Gasteiger partial charge in [-0.1, -0.05) is 11.6 Å². The normalized spacial score (nSPS) is 11.2. The molecule has 0 amide bonds. The number of rotatable bonds is 3. The third-order valence-corrected chi connectivity index (χ3v) is 3.82. The highest BCUT2D eigenvalue weighted by Crippen LogP contribution is 2.17. The second-order valence-corrected chi connectivity index (χ2v) is 6.17. The summed E-state index contributed by atoms with van der Waals surface area (Å²) in [5.41, 5.74) is 0. The van der Waals surface area contributed by atoms with E-state index in [1.165, 1.54) is 30.6 Å². The molecule has 2 heterocycles. The first-order chi connectivity index (χ1) is 8.47. The van der Waals surface area contributed by atoms with E-state index in [0.29, 0.717) is 4.47 Å². The molecule has 0 saturated carbocycles. The molecule has 2 aromatic heterocycles. The Morgan fingerprint density at radius 3 is 2.61 bits per heavy atom. The summed E-state index contributed by atoms with van der Waals surface area (Å²) in [4.78, 5) is 3.80. The van der Waals surface area contributed by atoms with E-state index in [1.807, 2.05) is 0 Å². The molecule has 18 heavy (non-hydrogen) atoms. The molecule has 0 bridgehead atoms. The quantitative estimate of drug-likeness (QED) is 0.917. The van der Waals surface area contributed by atoms with Crippen LogP contribution in [0.4, 0.5) is 5.82 Å². The number of aromatic nitrogens is 3. The molecule has 0 aliphatic heterocycles. The van der Waals surface area contributed by atoms with Crippen molar-refractivity contribution in [3.63, 3.8) is 0 Å². The molecule has 2 aromatic rings. The first-order valence-corrected chi connectivity index (χ1v) is 7.25. The number of anilines is 1. The maximum Gasteiger partial charge on any atom is 0.264 e. The summed E-state index contributed by atoms with van der Waals surface area (Å²) in [6, 6.07) is 4.28. The van der Waals surface area contributed by atoms with Crippen LogP contribution in [-0.2, 0) is 10.0 Å². The van der Waals surface area contributed by atoms with Crippen LogP contribution >= 0.6 is 27.5 Å². The van der Waals surface area contributed by atoms with Crippen LogP contribution in [0.5, 0.6) is 0 Å². The highest BCUT2D eigenvalue weighted by atomic mass is 79.9. The molecule has 0 spiro atoms. The van der Waals surface area contributed by atoms with Gasteiger partial charge < -0.3 is 0 Å². The van der Waals surface area contributed by atoms with Crippen molar-refractivity contribution in [2.24, 2.45) is 0 Å². The minimum absolute atomic E-state index is 0.0219. The molecule has 0 saturated heterocycles. The third-order valence-electron chi connectivity index (χ3n) is 1.86. The summed E-state index contributed by atoms with van der Waals surface area (Å²) < 4.78 is 26.8. The topological polar surface area (TPSA) is 84.8 Å². The number of sulfonamides is 1.